The average molecular weight is 374 g/mol. The molecule has 0 radical (unpaired) electrons. The molecule has 0 saturated heterocycles. The molecule has 0 aliphatic heterocycles. The summed E-state index contributed by atoms with van der Waals surface area (Å²) in [5, 5.41) is 0.174. The van der Waals surface area contributed by atoms with Gasteiger partial charge in [-0.1, -0.05) is 84.2 Å². The van der Waals surface area contributed by atoms with E-state index in [0.29, 0.717) is 11.5 Å². The number of carbonyl (C=O) groups excluding carboxylic acids is 2. The lowest BCUT2D eigenvalue weighted by atomic mass is 10.2. The third-order valence-corrected chi connectivity index (χ3v) is 5.81. The van der Waals surface area contributed by atoms with Crippen LogP contribution in [0.4, 0.5) is 0 Å². The minimum absolute atomic E-state index is 0.0868. The van der Waals surface area contributed by atoms with E-state index in [2.05, 4.69) is 4.90 Å². The van der Waals surface area contributed by atoms with Gasteiger partial charge in [0.2, 0.25) is 10.2 Å². The molecule has 0 fully saturated rings. The molecule has 2 aromatic carbocycles. The highest BCUT2D eigenvalue weighted by Crippen LogP contribution is 2.21. The van der Waals surface area contributed by atoms with Crippen LogP contribution in [-0.4, -0.2) is 47.3 Å². The third-order valence-electron chi connectivity index (χ3n) is 3.54. The Morgan fingerprint density at radius 3 is 1.56 bits per heavy atom. The van der Waals surface area contributed by atoms with Crippen molar-refractivity contribution < 1.29 is 9.59 Å². The van der Waals surface area contributed by atoms with E-state index >= 15 is 0 Å². The second-order valence-corrected chi connectivity index (χ2v) is 8.04. The van der Waals surface area contributed by atoms with Crippen molar-refractivity contribution >= 4 is 33.8 Å². The molecule has 0 saturated carbocycles. The summed E-state index contributed by atoms with van der Waals surface area (Å²) in [6, 6.07) is 18.7. The molecule has 0 heterocycles. The monoisotopic (exact) mass is 373 g/mol. The van der Waals surface area contributed by atoms with E-state index in [4.69, 9.17) is 0 Å². The highest BCUT2D eigenvalue weighted by Gasteiger charge is 2.17. The second kappa shape index (κ2) is 10.4. The third kappa shape index (κ3) is 7.06. The molecule has 5 heteroatoms. The van der Waals surface area contributed by atoms with Crippen LogP contribution in [0.2, 0.25) is 0 Å². The Morgan fingerprint density at radius 1 is 0.800 bits per heavy atom. The van der Waals surface area contributed by atoms with E-state index in [1.54, 1.807) is 0 Å². The van der Waals surface area contributed by atoms with Crippen molar-refractivity contribution in [2.24, 2.45) is 5.92 Å². The van der Waals surface area contributed by atoms with Gasteiger partial charge in [0.15, 0.2) is 0 Å². The standard InChI is InChI=1S/C20H23NO2S2/c1-21(2)13-16(14-24-19(22)17-9-5-3-6-10-17)15-25-20(23)18-11-7-4-8-12-18/h3-12,16H,13-15H2,1-2H3. The van der Waals surface area contributed by atoms with Gasteiger partial charge in [-0.2, -0.15) is 0 Å². The van der Waals surface area contributed by atoms with Gasteiger partial charge in [0.1, 0.15) is 0 Å². The quantitative estimate of drug-likeness (QED) is 0.689. The van der Waals surface area contributed by atoms with Gasteiger partial charge in [0, 0.05) is 29.2 Å². The van der Waals surface area contributed by atoms with Crippen LogP contribution < -0.4 is 0 Å². The van der Waals surface area contributed by atoms with Crippen LogP contribution in [-0.2, 0) is 0 Å². The van der Waals surface area contributed by atoms with Crippen molar-refractivity contribution in [3.63, 3.8) is 0 Å². The summed E-state index contributed by atoms with van der Waals surface area (Å²) in [6.07, 6.45) is 0. The molecule has 0 aliphatic carbocycles. The number of carbonyl (C=O) groups is 2. The van der Waals surface area contributed by atoms with E-state index in [-0.39, 0.29) is 16.1 Å². The van der Waals surface area contributed by atoms with Crippen molar-refractivity contribution in [3.8, 4) is 0 Å². The van der Waals surface area contributed by atoms with E-state index in [1.165, 1.54) is 23.5 Å². The number of benzene rings is 2. The zero-order valence-electron chi connectivity index (χ0n) is 14.6. The SMILES string of the molecule is CN(C)CC(CSC(=O)c1ccccc1)CSC(=O)c1ccccc1. The van der Waals surface area contributed by atoms with Gasteiger partial charge >= 0.3 is 0 Å². The van der Waals surface area contributed by atoms with Crippen LogP contribution in [0.5, 0.6) is 0 Å². The lowest BCUT2D eigenvalue weighted by Gasteiger charge is -2.20. The number of thioether (sulfide) groups is 2. The van der Waals surface area contributed by atoms with E-state index in [9.17, 15) is 9.59 Å². The van der Waals surface area contributed by atoms with Crippen LogP contribution in [0.15, 0.2) is 60.7 Å². The Balaban J connectivity index is 1.88. The summed E-state index contributed by atoms with van der Waals surface area (Å²) in [7, 11) is 4.03. The molecular formula is C20H23NO2S2. The summed E-state index contributed by atoms with van der Waals surface area (Å²) < 4.78 is 0. The maximum atomic E-state index is 12.3. The van der Waals surface area contributed by atoms with Crippen molar-refractivity contribution in [2.75, 3.05) is 32.1 Å². The highest BCUT2D eigenvalue weighted by molar-refractivity contribution is 8.15. The fourth-order valence-electron chi connectivity index (χ4n) is 2.37. The van der Waals surface area contributed by atoms with Gasteiger partial charge < -0.3 is 4.90 Å². The van der Waals surface area contributed by atoms with Crippen molar-refractivity contribution in [2.45, 2.75) is 0 Å². The molecule has 0 aromatic heterocycles. The molecule has 2 rings (SSSR count). The number of hydrogen-bond donors (Lipinski definition) is 0. The molecule has 0 bridgehead atoms. The minimum atomic E-state index is 0.0868. The smallest absolute Gasteiger partial charge is 0.219 e. The first-order valence-electron chi connectivity index (χ1n) is 8.15. The van der Waals surface area contributed by atoms with Crippen molar-refractivity contribution in [1.29, 1.82) is 0 Å². The first kappa shape index (κ1) is 19.8. The largest absolute Gasteiger partial charge is 0.309 e. The summed E-state index contributed by atoms with van der Waals surface area (Å²) in [5.41, 5.74) is 1.45. The van der Waals surface area contributed by atoms with E-state index < -0.39 is 0 Å². The number of nitrogens with zero attached hydrogens (tertiary/aromatic N) is 1. The summed E-state index contributed by atoms with van der Waals surface area (Å²) in [4.78, 5) is 26.6. The molecule has 0 spiro atoms. The summed E-state index contributed by atoms with van der Waals surface area (Å²) in [6.45, 7) is 0.851. The van der Waals surface area contributed by atoms with Gasteiger partial charge in [-0.3, -0.25) is 9.59 Å². The lowest BCUT2D eigenvalue weighted by Crippen LogP contribution is -2.26. The van der Waals surface area contributed by atoms with E-state index in [0.717, 1.165) is 17.7 Å². The fraction of sp³-hybridized carbons (Fsp3) is 0.300. The van der Waals surface area contributed by atoms with Crippen molar-refractivity contribution in [3.05, 3.63) is 71.8 Å². The van der Waals surface area contributed by atoms with Crippen LogP contribution in [0.25, 0.3) is 0 Å². The predicted octanol–water partition coefficient (Wildman–Crippen LogP) is 4.31. The van der Waals surface area contributed by atoms with E-state index in [1.807, 2.05) is 74.8 Å². The Kier molecular flexibility index (Phi) is 8.25. The Morgan fingerprint density at radius 2 is 1.20 bits per heavy atom. The zero-order chi connectivity index (χ0) is 18.1. The fourth-order valence-corrected chi connectivity index (χ4v) is 4.35. The first-order chi connectivity index (χ1) is 12.1. The summed E-state index contributed by atoms with van der Waals surface area (Å²) >= 11 is 2.67. The predicted molar refractivity (Wildman–Crippen MR) is 109 cm³/mol. The van der Waals surface area contributed by atoms with Crippen LogP contribution in [0.3, 0.4) is 0 Å². The van der Waals surface area contributed by atoms with Gasteiger partial charge in [0.25, 0.3) is 0 Å². The molecule has 0 amide bonds. The van der Waals surface area contributed by atoms with Crippen molar-refractivity contribution in [1.82, 2.24) is 4.90 Å². The van der Waals surface area contributed by atoms with Gasteiger partial charge in [-0.15, -0.1) is 0 Å². The average Bonchev–Trinajstić information content (AvgIpc) is 2.64. The normalized spacial score (nSPS) is 11.0. The lowest BCUT2D eigenvalue weighted by molar-refractivity contribution is 0.108. The van der Waals surface area contributed by atoms with Crippen LogP contribution in [0.1, 0.15) is 20.7 Å². The zero-order valence-corrected chi connectivity index (χ0v) is 16.2. The molecule has 0 aliphatic rings. The number of rotatable bonds is 8. The first-order valence-corrected chi connectivity index (χ1v) is 10.1. The topological polar surface area (TPSA) is 37.4 Å². The van der Waals surface area contributed by atoms with Crippen LogP contribution >= 0.6 is 23.5 Å². The Hall–Kier alpha value is -1.56. The molecular weight excluding hydrogens is 350 g/mol. The Bertz CT molecular complexity index is 619. The second-order valence-electron chi connectivity index (χ2n) is 6.06. The minimum Gasteiger partial charge on any atom is -0.309 e. The van der Waals surface area contributed by atoms with Crippen LogP contribution in [0, 0.1) is 5.92 Å². The molecule has 0 N–H and O–H groups in total. The summed E-state index contributed by atoms with van der Waals surface area (Å²) in [5.74, 6) is 1.69. The molecule has 25 heavy (non-hydrogen) atoms. The van der Waals surface area contributed by atoms with Gasteiger partial charge in [-0.05, 0) is 20.0 Å². The maximum absolute atomic E-state index is 12.3. The molecule has 2 aromatic rings. The molecule has 132 valence electrons. The molecule has 3 nitrogen and oxygen atoms in total. The Labute approximate surface area is 158 Å². The maximum Gasteiger partial charge on any atom is 0.219 e. The highest BCUT2D eigenvalue weighted by atomic mass is 32.2. The molecule has 0 unspecified atom stereocenters. The molecule has 0 atom stereocenters. The number of hydrogen-bond acceptors (Lipinski definition) is 5. The van der Waals surface area contributed by atoms with Gasteiger partial charge in [-0.25, -0.2) is 0 Å². The van der Waals surface area contributed by atoms with Gasteiger partial charge in [0.05, 0.1) is 0 Å².